The van der Waals surface area contributed by atoms with E-state index >= 15 is 0 Å². The highest BCUT2D eigenvalue weighted by molar-refractivity contribution is 5.47. The molecule has 0 aromatic carbocycles. The van der Waals surface area contributed by atoms with Gasteiger partial charge >= 0.3 is 0 Å². The zero-order valence-corrected chi connectivity index (χ0v) is 11.4. The Hall–Kier alpha value is -1.09. The molecule has 1 aliphatic carbocycles. The predicted molar refractivity (Wildman–Crippen MR) is 74.6 cm³/mol. The molecule has 2 aliphatic rings. The summed E-state index contributed by atoms with van der Waals surface area (Å²) >= 11 is 0. The minimum atomic E-state index is 0.759. The Morgan fingerprint density at radius 1 is 1.28 bits per heavy atom. The molecule has 0 radical (unpaired) electrons. The molecule has 2 fully saturated rings. The van der Waals surface area contributed by atoms with E-state index in [9.17, 15) is 0 Å². The fourth-order valence-corrected chi connectivity index (χ4v) is 2.70. The van der Waals surface area contributed by atoms with Gasteiger partial charge in [0, 0.05) is 37.4 Å². The molecule has 1 aromatic heterocycles. The van der Waals surface area contributed by atoms with E-state index in [4.69, 9.17) is 0 Å². The van der Waals surface area contributed by atoms with E-state index in [0.29, 0.717) is 0 Å². The van der Waals surface area contributed by atoms with Crippen LogP contribution in [0.3, 0.4) is 0 Å². The van der Waals surface area contributed by atoms with Gasteiger partial charge in [-0.15, -0.1) is 0 Å². The Labute approximate surface area is 110 Å². The number of nitrogens with one attached hydrogen (secondary N) is 1. The minimum absolute atomic E-state index is 0.759. The summed E-state index contributed by atoms with van der Waals surface area (Å²) in [7, 11) is 0. The lowest BCUT2D eigenvalue weighted by Gasteiger charge is -2.20. The highest BCUT2D eigenvalue weighted by Gasteiger charge is 2.28. The van der Waals surface area contributed by atoms with Crippen molar-refractivity contribution in [2.75, 3.05) is 18.0 Å². The van der Waals surface area contributed by atoms with Crippen LogP contribution < -0.4 is 10.2 Å². The van der Waals surface area contributed by atoms with Gasteiger partial charge in [0.25, 0.3) is 0 Å². The summed E-state index contributed by atoms with van der Waals surface area (Å²) in [5.74, 6) is 2.74. The summed E-state index contributed by atoms with van der Waals surface area (Å²) < 4.78 is 0. The van der Waals surface area contributed by atoms with Crippen LogP contribution in [0.5, 0.6) is 0 Å². The van der Waals surface area contributed by atoms with E-state index in [-0.39, 0.29) is 0 Å². The second-order valence-corrected chi connectivity index (χ2v) is 6.00. The van der Waals surface area contributed by atoms with Crippen molar-refractivity contribution in [3.05, 3.63) is 23.9 Å². The van der Waals surface area contributed by atoms with Crippen LogP contribution in [0, 0.1) is 11.8 Å². The zero-order chi connectivity index (χ0) is 12.5. The number of nitrogens with zero attached hydrogens (tertiary/aromatic N) is 2. The molecule has 3 heteroatoms. The molecule has 2 unspecified atom stereocenters. The summed E-state index contributed by atoms with van der Waals surface area (Å²) in [6, 6.07) is 5.02. The number of hydrogen-bond donors (Lipinski definition) is 1. The number of rotatable bonds is 4. The van der Waals surface area contributed by atoms with Crippen molar-refractivity contribution in [2.24, 2.45) is 11.8 Å². The Kier molecular flexibility index (Phi) is 3.25. The van der Waals surface area contributed by atoms with Crippen LogP contribution >= 0.6 is 0 Å². The first-order valence-corrected chi connectivity index (χ1v) is 7.16. The molecule has 1 saturated heterocycles. The maximum absolute atomic E-state index is 4.61. The van der Waals surface area contributed by atoms with Crippen LogP contribution in [-0.2, 0) is 6.54 Å². The molecular formula is C15H23N3. The van der Waals surface area contributed by atoms with Crippen LogP contribution in [0.2, 0.25) is 0 Å². The summed E-state index contributed by atoms with van der Waals surface area (Å²) in [6.07, 6.45) is 4.60. The van der Waals surface area contributed by atoms with Crippen LogP contribution in [0.4, 0.5) is 5.82 Å². The van der Waals surface area contributed by atoms with Gasteiger partial charge in [0.1, 0.15) is 5.82 Å². The molecule has 2 atom stereocenters. The summed E-state index contributed by atoms with van der Waals surface area (Å²) in [5.41, 5.74) is 1.35. The number of anilines is 1. The van der Waals surface area contributed by atoms with Gasteiger partial charge in [-0.25, -0.2) is 4.98 Å². The van der Waals surface area contributed by atoms with E-state index < -0.39 is 0 Å². The highest BCUT2D eigenvalue weighted by atomic mass is 15.2. The largest absolute Gasteiger partial charge is 0.356 e. The van der Waals surface area contributed by atoms with Gasteiger partial charge in [-0.2, -0.15) is 0 Å². The Balaban J connectivity index is 1.73. The molecule has 3 nitrogen and oxygen atoms in total. The lowest BCUT2D eigenvalue weighted by Crippen LogP contribution is -2.24. The lowest BCUT2D eigenvalue weighted by atomic mass is 10.0. The molecule has 1 N–H and O–H groups in total. The van der Waals surface area contributed by atoms with Crippen molar-refractivity contribution in [3.63, 3.8) is 0 Å². The van der Waals surface area contributed by atoms with Crippen LogP contribution in [0.25, 0.3) is 0 Å². The predicted octanol–water partition coefficient (Wildman–Crippen LogP) is 2.43. The summed E-state index contributed by atoms with van der Waals surface area (Å²) in [4.78, 5) is 7.07. The molecule has 2 heterocycles. The van der Waals surface area contributed by atoms with E-state index in [0.717, 1.165) is 37.5 Å². The fraction of sp³-hybridized carbons (Fsp3) is 0.667. The first-order chi connectivity index (χ1) is 8.74. The smallest absolute Gasteiger partial charge is 0.133 e. The highest BCUT2D eigenvalue weighted by Crippen LogP contribution is 2.29. The Morgan fingerprint density at radius 3 is 2.67 bits per heavy atom. The summed E-state index contributed by atoms with van der Waals surface area (Å²) in [6.45, 7) is 7.95. The topological polar surface area (TPSA) is 28.2 Å². The van der Waals surface area contributed by atoms with E-state index in [2.05, 4.69) is 41.2 Å². The van der Waals surface area contributed by atoms with Gasteiger partial charge in [-0.3, -0.25) is 0 Å². The SMILES string of the molecule is CC1CN(c2ncccc2CNC2CC2)CC1C. The van der Waals surface area contributed by atoms with Gasteiger partial charge in [-0.05, 0) is 30.7 Å². The molecule has 0 spiro atoms. The second kappa shape index (κ2) is 4.88. The maximum atomic E-state index is 4.61. The van der Waals surface area contributed by atoms with Crippen molar-refractivity contribution in [2.45, 2.75) is 39.3 Å². The van der Waals surface area contributed by atoms with Crippen LogP contribution in [-0.4, -0.2) is 24.1 Å². The summed E-state index contributed by atoms with van der Waals surface area (Å²) in [5, 5.41) is 3.59. The quantitative estimate of drug-likeness (QED) is 0.883. The van der Waals surface area contributed by atoms with Crippen LogP contribution in [0.15, 0.2) is 18.3 Å². The van der Waals surface area contributed by atoms with Crippen molar-refractivity contribution in [3.8, 4) is 0 Å². The van der Waals surface area contributed by atoms with Gasteiger partial charge in [0.05, 0.1) is 0 Å². The molecule has 98 valence electrons. The number of aromatic nitrogens is 1. The molecule has 1 aromatic rings. The van der Waals surface area contributed by atoms with Gasteiger partial charge in [-0.1, -0.05) is 19.9 Å². The zero-order valence-electron chi connectivity index (χ0n) is 11.4. The maximum Gasteiger partial charge on any atom is 0.133 e. The third-order valence-electron chi connectivity index (χ3n) is 4.31. The Morgan fingerprint density at radius 2 is 2.00 bits per heavy atom. The number of pyridine rings is 1. The first kappa shape index (κ1) is 12.0. The molecule has 18 heavy (non-hydrogen) atoms. The third-order valence-corrected chi connectivity index (χ3v) is 4.31. The third kappa shape index (κ3) is 2.51. The van der Waals surface area contributed by atoms with E-state index in [1.807, 2.05) is 6.20 Å². The van der Waals surface area contributed by atoms with Gasteiger partial charge in [0.2, 0.25) is 0 Å². The van der Waals surface area contributed by atoms with Crippen molar-refractivity contribution >= 4 is 5.82 Å². The van der Waals surface area contributed by atoms with Crippen molar-refractivity contribution < 1.29 is 0 Å². The minimum Gasteiger partial charge on any atom is -0.356 e. The van der Waals surface area contributed by atoms with Crippen molar-refractivity contribution in [1.82, 2.24) is 10.3 Å². The molecule has 0 bridgehead atoms. The van der Waals surface area contributed by atoms with Gasteiger partial charge < -0.3 is 10.2 Å². The average molecular weight is 245 g/mol. The van der Waals surface area contributed by atoms with E-state index in [1.54, 1.807) is 0 Å². The van der Waals surface area contributed by atoms with Crippen LogP contribution in [0.1, 0.15) is 32.3 Å². The average Bonchev–Trinajstić information content (AvgIpc) is 3.14. The number of hydrogen-bond acceptors (Lipinski definition) is 3. The lowest BCUT2D eigenvalue weighted by molar-refractivity contribution is 0.494. The fourth-order valence-electron chi connectivity index (χ4n) is 2.70. The van der Waals surface area contributed by atoms with E-state index in [1.165, 1.54) is 24.2 Å². The molecule has 3 rings (SSSR count). The second-order valence-electron chi connectivity index (χ2n) is 6.00. The molecule has 1 saturated carbocycles. The van der Waals surface area contributed by atoms with Gasteiger partial charge in [0.15, 0.2) is 0 Å². The Bertz CT molecular complexity index is 404. The normalized spacial score (nSPS) is 27.8. The molecular weight excluding hydrogens is 222 g/mol. The van der Waals surface area contributed by atoms with Crippen molar-refractivity contribution in [1.29, 1.82) is 0 Å². The molecule has 0 amide bonds. The molecule has 1 aliphatic heterocycles. The monoisotopic (exact) mass is 245 g/mol. The first-order valence-electron chi connectivity index (χ1n) is 7.16. The standard InChI is InChI=1S/C15H23N3/c1-11-9-18(10-12(11)2)15-13(4-3-7-16-15)8-17-14-5-6-14/h3-4,7,11-12,14,17H,5-6,8-10H2,1-2H3.